The Kier molecular flexibility index (Phi) is 10.2. The van der Waals surface area contributed by atoms with Gasteiger partial charge in [-0.3, -0.25) is 10.1 Å². The predicted molar refractivity (Wildman–Crippen MR) is 206 cm³/mol. The van der Waals surface area contributed by atoms with Gasteiger partial charge in [-0.25, -0.2) is 4.68 Å². The maximum atomic E-state index is 14.6. The number of β-lactam (4-membered cyclic amide) rings is 1. The van der Waals surface area contributed by atoms with E-state index in [-0.39, 0.29) is 22.1 Å². The van der Waals surface area contributed by atoms with Crippen LogP contribution in [0.15, 0.2) is 109 Å². The topological polar surface area (TPSA) is 75.9 Å². The number of aryl methyl sites for hydroxylation is 2. The molecule has 8 heteroatoms. The van der Waals surface area contributed by atoms with Crippen LogP contribution in [0.1, 0.15) is 99.1 Å². The first-order valence-corrected chi connectivity index (χ1v) is 19.4. The minimum Gasteiger partial charge on any atom is -0.315 e. The number of fused-ring (bicyclic) bond motifs is 1. The lowest BCUT2D eigenvalue weighted by Crippen LogP contribution is -2.70. The van der Waals surface area contributed by atoms with Crippen molar-refractivity contribution in [3.8, 4) is 0 Å². The first-order chi connectivity index (χ1) is 24.7. The van der Waals surface area contributed by atoms with E-state index in [1.165, 1.54) is 17.5 Å². The van der Waals surface area contributed by atoms with E-state index in [2.05, 4.69) is 165 Å². The van der Waals surface area contributed by atoms with Crippen LogP contribution in [-0.4, -0.2) is 47.2 Å². The van der Waals surface area contributed by atoms with Crippen molar-refractivity contribution in [1.82, 2.24) is 30.4 Å². The number of nitrogens with one attached hydrogen (secondary N) is 1. The summed E-state index contributed by atoms with van der Waals surface area (Å²) in [5, 5.41) is 17.0. The number of unbranched alkanes of at least 4 members (excludes halogenated alkanes) is 1. The van der Waals surface area contributed by atoms with E-state index in [0.717, 1.165) is 53.8 Å². The second-order valence-electron chi connectivity index (χ2n) is 15.1. The first kappa shape index (κ1) is 35.1. The molecule has 2 fully saturated rings. The Labute approximate surface area is 307 Å². The Bertz CT molecular complexity index is 1870. The molecule has 1 amide bonds. The fourth-order valence-corrected chi connectivity index (χ4v) is 9.42. The number of carbonyl (C=O) groups excluding carboxylic acids is 1. The van der Waals surface area contributed by atoms with Crippen molar-refractivity contribution in [1.29, 1.82) is 0 Å². The fraction of sp³-hybridized carbons (Fsp3) is 0.395. The molecule has 0 spiro atoms. The van der Waals surface area contributed by atoms with Gasteiger partial charge in [0.2, 0.25) is 5.91 Å². The van der Waals surface area contributed by atoms with E-state index in [0.29, 0.717) is 12.5 Å². The quantitative estimate of drug-likeness (QED) is 0.0929. The summed E-state index contributed by atoms with van der Waals surface area (Å²) in [6.07, 6.45) is 5.64. The number of hydrogen-bond acceptors (Lipinski definition) is 6. The number of amides is 1. The third-order valence-electron chi connectivity index (χ3n) is 10.6. The Hall–Kier alpha value is -4.27. The number of carbonyl (C=O) groups is 1. The summed E-state index contributed by atoms with van der Waals surface area (Å²) in [6.45, 7) is 11.7. The monoisotopic (exact) mass is 698 g/mol. The average Bonchev–Trinajstić information content (AvgIpc) is 3.70. The highest BCUT2D eigenvalue weighted by atomic mass is 32.2. The van der Waals surface area contributed by atoms with E-state index in [1.54, 1.807) is 0 Å². The summed E-state index contributed by atoms with van der Waals surface area (Å²) in [5.41, 5.74) is 6.39. The molecule has 4 aromatic carbocycles. The molecule has 264 valence electrons. The molecular formula is C43H50N6OS. The Morgan fingerprint density at radius 1 is 0.804 bits per heavy atom. The molecule has 0 aliphatic carbocycles. The van der Waals surface area contributed by atoms with Crippen LogP contribution >= 0.6 is 11.8 Å². The third kappa shape index (κ3) is 6.88. The summed E-state index contributed by atoms with van der Waals surface area (Å²) in [6, 6.07) is 38.2. The van der Waals surface area contributed by atoms with Gasteiger partial charge < -0.3 is 4.90 Å². The van der Waals surface area contributed by atoms with Crippen LogP contribution in [-0.2, 0) is 29.7 Å². The highest BCUT2D eigenvalue weighted by molar-refractivity contribution is 8.01. The summed E-state index contributed by atoms with van der Waals surface area (Å²) in [7, 11) is 0. The number of hydrogen-bond donors (Lipinski definition) is 1. The number of tetrazole rings is 1. The molecule has 0 radical (unpaired) electrons. The molecule has 2 saturated heterocycles. The minimum absolute atomic E-state index is 0.0722. The number of benzene rings is 4. The van der Waals surface area contributed by atoms with Crippen molar-refractivity contribution < 1.29 is 4.79 Å². The van der Waals surface area contributed by atoms with E-state index in [9.17, 15) is 4.79 Å². The molecule has 3 atom stereocenters. The zero-order valence-corrected chi connectivity index (χ0v) is 31.3. The van der Waals surface area contributed by atoms with Crippen LogP contribution in [0.25, 0.3) is 0 Å². The SMILES string of the molecule is CCCCc1ccc(C(NC2C(=O)N3C2SC(C)(C)C3c2nnnn2Cc2ccc(CCC(C)C)cc2)(c2ccccc2)c2ccccc2)cc1. The van der Waals surface area contributed by atoms with Crippen LogP contribution in [0.3, 0.4) is 0 Å². The first-order valence-electron chi connectivity index (χ1n) is 18.5. The van der Waals surface area contributed by atoms with Gasteiger partial charge in [-0.1, -0.05) is 136 Å². The lowest BCUT2D eigenvalue weighted by molar-refractivity contribution is -0.150. The van der Waals surface area contributed by atoms with Crippen LogP contribution in [0.4, 0.5) is 0 Å². The van der Waals surface area contributed by atoms with E-state index >= 15 is 0 Å². The van der Waals surface area contributed by atoms with Crippen molar-refractivity contribution in [2.24, 2.45) is 5.92 Å². The molecule has 3 unspecified atom stereocenters. The average molecular weight is 699 g/mol. The van der Waals surface area contributed by atoms with Gasteiger partial charge in [0.25, 0.3) is 0 Å². The van der Waals surface area contributed by atoms with Gasteiger partial charge in [-0.15, -0.1) is 16.9 Å². The highest BCUT2D eigenvalue weighted by Crippen LogP contribution is 2.57. The van der Waals surface area contributed by atoms with Gasteiger partial charge in [0, 0.05) is 4.75 Å². The largest absolute Gasteiger partial charge is 0.315 e. The zero-order chi connectivity index (χ0) is 35.6. The number of aromatic nitrogens is 4. The maximum Gasteiger partial charge on any atom is 0.244 e. The molecule has 3 heterocycles. The molecule has 2 aliphatic heterocycles. The molecule has 0 saturated carbocycles. The molecule has 51 heavy (non-hydrogen) atoms. The molecule has 7 nitrogen and oxygen atoms in total. The van der Waals surface area contributed by atoms with Crippen molar-refractivity contribution in [2.75, 3.05) is 0 Å². The van der Waals surface area contributed by atoms with Crippen LogP contribution in [0.5, 0.6) is 0 Å². The second-order valence-corrected chi connectivity index (χ2v) is 16.9. The smallest absolute Gasteiger partial charge is 0.244 e. The summed E-state index contributed by atoms with van der Waals surface area (Å²) in [5.74, 6) is 1.48. The van der Waals surface area contributed by atoms with Crippen molar-refractivity contribution in [3.05, 3.63) is 148 Å². The normalized spacial score (nSPS) is 19.7. The Balaban J connectivity index is 1.20. The minimum atomic E-state index is -0.746. The molecule has 2 aliphatic rings. The molecule has 1 aromatic heterocycles. The standard InChI is InChI=1S/C43H50N6OS/c1-6-7-14-31-25-27-36(28-26-31)43(34-15-10-8-11-16-34,35-17-12-9-13-18-35)44-37-40(50)49-38(42(4,5)51-41(37)49)39-45-46-47-48(39)29-33-23-21-32(22-24-33)20-19-30(2)3/h8-13,15-18,21-28,30,37-38,41,44H,6-7,14,19-20,29H2,1-5H3. The summed E-state index contributed by atoms with van der Waals surface area (Å²) >= 11 is 1.83. The van der Waals surface area contributed by atoms with E-state index in [4.69, 9.17) is 0 Å². The lowest BCUT2D eigenvalue weighted by Gasteiger charge is -2.49. The number of thioether (sulfide) groups is 1. The zero-order valence-electron chi connectivity index (χ0n) is 30.5. The van der Waals surface area contributed by atoms with Crippen molar-refractivity contribution in [2.45, 2.75) is 101 Å². The van der Waals surface area contributed by atoms with Gasteiger partial charge in [0.15, 0.2) is 5.82 Å². The third-order valence-corrected chi connectivity index (χ3v) is 12.2. The number of rotatable bonds is 14. The van der Waals surface area contributed by atoms with Crippen LogP contribution in [0.2, 0.25) is 0 Å². The summed E-state index contributed by atoms with van der Waals surface area (Å²) in [4.78, 5) is 16.6. The van der Waals surface area contributed by atoms with Gasteiger partial charge >= 0.3 is 0 Å². The molecule has 5 aromatic rings. The van der Waals surface area contributed by atoms with Gasteiger partial charge in [0.05, 0.1) is 12.1 Å². The molecule has 7 rings (SSSR count). The van der Waals surface area contributed by atoms with Crippen LogP contribution in [0, 0.1) is 5.92 Å². The van der Waals surface area contributed by atoms with Gasteiger partial charge in [-0.2, -0.15) is 0 Å². The predicted octanol–water partition coefficient (Wildman–Crippen LogP) is 8.34. The lowest BCUT2D eigenvalue weighted by atomic mass is 9.75. The molecule has 0 bridgehead atoms. The molecular weight excluding hydrogens is 649 g/mol. The van der Waals surface area contributed by atoms with E-state index in [1.807, 2.05) is 21.3 Å². The Morgan fingerprint density at radius 3 is 1.98 bits per heavy atom. The molecule has 1 N–H and O–H groups in total. The summed E-state index contributed by atoms with van der Waals surface area (Å²) < 4.78 is 1.57. The van der Waals surface area contributed by atoms with E-state index < -0.39 is 11.6 Å². The van der Waals surface area contributed by atoms with Crippen molar-refractivity contribution in [3.63, 3.8) is 0 Å². The fourth-order valence-electron chi connectivity index (χ4n) is 7.79. The van der Waals surface area contributed by atoms with Crippen molar-refractivity contribution >= 4 is 17.7 Å². The second kappa shape index (κ2) is 14.8. The highest BCUT2D eigenvalue weighted by Gasteiger charge is 2.64. The van der Waals surface area contributed by atoms with Gasteiger partial charge in [0.1, 0.15) is 17.5 Å². The number of nitrogens with zero attached hydrogens (tertiary/aromatic N) is 5. The Morgan fingerprint density at radius 2 is 1.37 bits per heavy atom. The van der Waals surface area contributed by atoms with Gasteiger partial charge in [-0.05, 0) is 89.3 Å². The van der Waals surface area contributed by atoms with Crippen LogP contribution < -0.4 is 5.32 Å². The maximum absolute atomic E-state index is 14.6.